The van der Waals surface area contributed by atoms with Crippen molar-refractivity contribution in [1.29, 1.82) is 0 Å². The van der Waals surface area contributed by atoms with Crippen LogP contribution in [0.25, 0.3) is 0 Å². The monoisotopic (exact) mass is 257 g/mol. The number of fused-ring (bicyclic) bond motifs is 1. The molecule has 1 heterocycles. The van der Waals surface area contributed by atoms with Gasteiger partial charge >= 0.3 is 5.97 Å². The van der Waals surface area contributed by atoms with Gasteiger partial charge in [0.1, 0.15) is 5.75 Å². The quantitative estimate of drug-likeness (QED) is 0.805. The third-order valence-electron chi connectivity index (χ3n) is 1.96. The van der Waals surface area contributed by atoms with E-state index in [1.165, 1.54) is 0 Å². The van der Waals surface area contributed by atoms with Gasteiger partial charge in [0.25, 0.3) is 0 Å². The summed E-state index contributed by atoms with van der Waals surface area (Å²) in [4.78, 5) is 10.7. The van der Waals surface area contributed by atoms with Crippen LogP contribution in [0.5, 0.6) is 5.75 Å². The van der Waals surface area contributed by atoms with Crippen molar-refractivity contribution in [2.45, 2.75) is 6.10 Å². The van der Waals surface area contributed by atoms with Crippen molar-refractivity contribution in [3.05, 3.63) is 22.7 Å². The highest BCUT2D eigenvalue weighted by atomic mass is 79.9. The predicted octanol–water partition coefficient (Wildman–Crippen LogP) is 1.71. The predicted molar refractivity (Wildman–Crippen MR) is 54.7 cm³/mol. The molecule has 0 aromatic heterocycles. The molecule has 2 N–H and O–H groups in total. The Labute approximate surface area is 89.0 Å². The lowest BCUT2D eigenvalue weighted by atomic mass is 10.2. The standard InChI is InChI=1S/C9H8BrNO3/c10-5-1-2-7-6(3-5)11-4-8(14-7)9(12)13/h1-3,8,11H,4H2,(H,12,13)/t8-/m1/s1. The van der Waals surface area contributed by atoms with Gasteiger partial charge in [0.15, 0.2) is 0 Å². The Morgan fingerprint density at radius 3 is 3.14 bits per heavy atom. The molecule has 0 aliphatic carbocycles. The fourth-order valence-corrected chi connectivity index (χ4v) is 1.64. The van der Waals surface area contributed by atoms with Gasteiger partial charge in [-0.25, -0.2) is 4.79 Å². The van der Waals surface area contributed by atoms with Gasteiger partial charge in [-0.15, -0.1) is 0 Å². The van der Waals surface area contributed by atoms with E-state index < -0.39 is 12.1 Å². The average Bonchev–Trinajstić information content (AvgIpc) is 2.16. The molecule has 1 aromatic rings. The van der Waals surface area contributed by atoms with E-state index in [-0.39, 0.29) is 0 Å². The van der Waals surface area contributed by atoms with Crippen LogP contribution in [0.4, 0.5) is 5.69 Å². The molecule has 1 aliphatic rings. The van der Waals surface area contributed by atoms with Gasteiger partial charge < -0.3 is 15.2 Å². The van der Waals surface area contributed by atoms with E-state index in [1.807, 2.05) is 12.1 Å². The van der Waals surface area contributed by atoms with Gasteiger partial charge in [-0.3, -0.25) is 0 Å². The van der Waals surface area contributed by atoms with E-state index in [4.69, 9.17) is 9.84 Å². The Morgan fingerprint density at radius 2 is 2.43 bits per heavy atom. The minimum absolute atomic E-state index is 0.290. The number of hydrogen-bond acceptors (Lipinski definition) is 3. The summed E-state index contributed by atoms with van der Waals surface area (Å²) < 4.78 is 6.20. The minimum Gasteiger partial charge on any atom is -0.478 e. The molecule has 74 valence electrons. The lowest BCUT2D eigenvalue weighted by Gasteiger charge is -2.24. The number of benzene rings is 1. The number of ether oxygens (including phenoxy) is 1. The first-order valence-corrected chi connectivity index (χ1v) is 4.89. The molecule has 0 fully saturated rings. The molecule has 4 nitrogen and oxygen atoms in total. The van der Waals surface area contributed by atoms with Gasteiger partial charge in [-0.05, 0) is 18.2 Å². The molecule has 0 bridgehead atoms. The van der Waals surface area contributed by atoms with Crippen LogP contribution in [0.3, 0.4) is 0 Å². The van der Waals surface area contributed by atoms with E-state index in [0.29, 0.717) is 12.3 Å². The lowest BCUT2D eigenvalue weighted by molar-refractivity contribution is -0.144. The number of hydrogen-bond donors (Lipinski definition) is 2. The SMILES string of the molecule is O=C(O)[C@H]1CNc2cc(Br)ccc2O1. The number of halogens is 1. The molecule has 1 aliphatic heterocycles. The first-order valence-electron chi connectivity index (χ1n) is 4.10. The Bertz CT molecular complexity index is 380. The zero-order valence-corrected chi connectivity index (χ0v) is 8.74. The number of carboxylic acid groups (broad SMARTS) is 1. The molecule has 0 saturated carbocycles. The number of anilines is 1. The lowest BCUT2D eigenvalue weighted by Crippen LogP contribution is -2.37. The van der Waals surface area contributed by atoms with Crippen molar-refractivity contribution in [2.24, 2.45) is 0 Å². The third kappa shape index (κ3) is 1.68. The number of aliphatic carboxylic acids is 1. The second kappa shape index (κ2) is 3.49. The van der Waals surface area contributed by atoms with E-state index in [2.05, 4.69) is 21.2 Å². The number of nitrogens with one attached hydrogen (secondary N) is 1. The van der Waals surface area contributed by atoms with Crippen LogP contribution < -0.4 is 10.1 Å². The molecule has 2 rings (SSSR count). The molecular weight excluding hydrogens is 250 g/mol. The van der Waals surface area contributed by atoms with Gasteiger partial charge in [-0.2, -0.15) is 0 Å². The second-order valence-corrected chi connectivity index (χ2v) is 3.88. The number of rotatable bonds is 1. The van der Waals surface area contributed by atoms with Crippen molar-refractivity contribution in [3.8, 4) is 5.75 Å². The normalized spacial score (nSPS) is 19.1. The summed E-state index contributed by atoms with van der Waals surface area (Å²) in [6, 6.07) is 5.40. The van der Waals surface area contributed by atoms with Crippen LogP contribution in [-0.2, 0) is 4.79 Å². The Hall–Kier alpha value is -1.23. The number of carbonyl (C=O) groups is 1. The summed E-state index contributed by atoms with van der Waals surface area (Å²) in [6.45, 7) is 0.290. The largest absolute Gasteiger partial charge is 0.478 e. The van der Waals surface area contributed by atoms with Crippen LogP contribution in [0.2, 0.25) is 0 Å². The molecule has 0 unspecified atom stereocenters. The molecular formula is C9H8BrNO3. The fourth-order valence-electron chi connectivity index (χ4n) is 1.28. The van der Waals surface area contributed by atoms with Crippen molar-refractivity contribution in [1.82, 2.24) is 0 Å². The molecule has 5 heteroatoms. The highest BCUT2D eigenvalue weighted by Crippen LogP contribution is 2.31. The van der Waals surface area contributed by atoms with Crippen molar-refractivity contribution < 1.29 is 14.6 Å². The topological polar surface area (TPSA) is 58.6 Å². The van der Waals surface area contributed by atoms with E-state index in [0.717, 1.165) is 10.2 Å². The molecule has 0 radical (unpaired) electrons. The van der Waals surface area contributed by atoms with Crippen LogP contribution in [-0.4, -0.2) is 23.7 Å². The smallest absolute Gasteiger partial charge is 0.346 e. The zero-order chi connectivity index (χ0) is 10.1. The minimum atomic E-state index is -0.953. The van der Waals surface area contributed by atoms with Gasteiger partial charge in [-0.1, -0.05) is 15.9 Å². The first-order chi connectivity index (χ1) is 6.66. The highest BCUT2D eigenvalue weighted by Gasteiger charge is 2.24. The summed E-state index contributed by atoms with van der Waals surface area (Å²) in [6.07, 6.45) is -0.802. The van der Waals surface area contributed by atoms with Crippen LogP contribution >= 0.6 is 15.9 Å². The van der Waals surface area contributed by atoms with E-state index in [1.54, 1.807) is 6.07 Å². The van der Waals surface area contributed by atoms with Crippen LogP contribution in [0.1, 0.15) is 0 Å². The summed E-state index contributed by atoms with van der Waals surface area (Å²) in [7, 11) is 0. The molecule has 0 amide bonds. The third-order valence-corrected chi connectivity index (χ3v) is 2.46. The zero-order valence-electron chi connectivity index (χ0n) is 7.16. The Balaban J connectivity index is 2.27. The van der Waals surface area contributed by atoms with Crippen molar-refractivity contribution in [2.75, 3.05) is 11.9 Å². The second-order valence-electron chi connectivity index (χ2n) is 2.97. The number of carboxylic acids is 1. The van der Waals surface area contributed by atoms with Crippen LogP contribution in [0.15, 0.2) is 22.7 Å². The van der Waals surface area contributed by atoms with Gasteiger partial charge in [0.2, 0.25) is 6.10 Å². The Kier molecular flexibility index (Phi) is 2.33. The molecule has 1 aromatic carbocycles. The summed E-state index contributed by atoms with van der Waals surface area (Å²) in [5, 5.41) is 11.7. The first kappa shape index (κ1) is 9.33. The Morgan fingerprint density at radius 1 is 1.64 bits per heavy atom. The highest BCUT2D eigenvalue weighted by molar-refractivity contribution is 9.10. The van der Waals surface area contributed by atoms with Gasteiger partial charge in [0.05, 0.1) is 12.2 Å². The summed E-state index contributed by atoms with van der Waals surface area (Å²) in [5.74, 6) is -0.377. The van der Waals surface area contributed by atoms with Crippen LogP contribution in [0, 0.1) is 0 Å². The molecule has 14 heavy (non-hydrogen) atoms. The summed E-state index contributed by atoms with van der Waals surface area (Å²) in [5.41, 5.74) is 0.817. The fraction of sp³-hybridized carbons (Fsp3) is 0.222. The maximum absolute atomic E-state index is 10.7. The molecule has 0 saturated heterocycles. The van der Waals surface area contributed by atoms with E-state index >= 15 is 0 Å². The maximum atomic E-state index is 10.7. The summed E-state index contributed by atoms with van der Waals surface area (Å²) >= 11 is 3.32. The maximum Gasteiger partial charge on any atom is 0.346 e. The average molecular weight is 258 g/mol. The van der Waals surface area contributed by atoms with Gasteiger partial charge in [0, 0.05) is 4.47 Å². The van der Waals surface area contributed by atoms with Crippen molar-refractivity contribution in [3.63, 3.8) is 0 Å². The van der Waals surface area contributed by atoms with Crippen molar-refractivity contribution >= 4 is 27.6 Å². The molecule has 0 spiro atoms. The molecule has 1 atom stereocenters. The van der Waals surface area contributed by atoms with E-state index in [9.17, 15) is 4.79 Å².